The van der Waals surface area contributed by atoms with Gasteiger partial charge < -0.3 is 19.5 Å². The van der Waals surface area contributed by atoms with Gasteiger partial charge in [-0.05, 0) is 54.1 Å². The van der Waals surface area contributed by atoms with Crippen molar-refractivity contribution in [3.63, 3.8) is 0 Å². The van der Waals surface area contributed by atoms with Gasteiger partial charge in [0.1, 0.15) is 11.5 Å². The van der Waals surface area contributed by atoms with E-state index in [0.717, 1.165) is 38.4 Å². The van der Waals surface area contributed by atoms with Crippen LogP contribution in [0.4, 0.5) is 11.4 Å². The third-order valence-corrected chi connectivity index (χ3v) is 7.16. The van der Waals surface area contributed by atoms with Crippen LogP contribution in [0.2, 0.25) is 0 Å². The Morgan fingerprint density at radius 1 is 0.972 bits per heavy atom. The van der Waals surface area contributed by atoms with E-state index in [1.54, 1.807) is 36.4 Å². The quantitative estimate of drug-likeness (QED) is 0.452. The molecule has 3 aromatic rings. The minimum absolute atomic E-state index is 0.0471. The molecule has 1 fully saturated rings. The molecule has 0 bridgehead atoms. The lowest BCUT2D eigenvalue weighted by Gasteiger charge is -2.26. The van der Waals surface area contributed by atoms with Gasteiger partial charge in [-0.2, -0.15) is 0 Å². The molecule has 0 unspecified atom stereocenters. The van der Waals surface area contributed by atoms with Gasteiger partial charge in [-0.3, -0.25) is 14.4 Å². The van der Waals surface area contributed by atoms with E-state index in [1.165, 1.54) is 26.4 Å². The number of carbonyl (C=O) groups excluding carboxylic acids is 1. The van der Waals surface area contributed by atoms with Crippen molar-refractivity contribution in [1.82, 2.24) is 4.90 Å². The Morgan fingerprint density at radius 2 is 1.72 bits per heavy atom. The standard InChI is InChI=1S/C26H29N3O6S/c1-33-22-8-11-24(25(17-22)34-2)28-36(31,32)23-9-6-21(7-10-23)27-26(30)20-5-3-4-19(16-20)18-29-12-14-35-15-13-29/h3-11,16-17,28H,12-15,18H2,1-2H3,(H,27,30). The molecular formula is C26H29N3O6S. The number of methoxy groups -OCH3 is 2. The lowest BCUT2D eigenvalue weighted by atomic mass is 10.1. The van der Waals surface area contributed by atoms with Gasteiger partial charge in [0.25, 0.3) is 15.9 Å². The van der Waals surface area contributed by atoms with E-state index in [4.69, 9.17) is 14.2 Å². The maximum absolute atomic E-state index is 12.9. The minimum Gasteiger partial charge on any atom is -0.497 e. The Hall–Kier alpha value is -3.60. The van der Waals surface area contributed by atoms with Gasteiger partial charge in [0.2, 0.25) is 0 Å². The fourth-order valence-electron chi connectivity index (χ4n) is 3.84. The van der Waals surface area contributed by atoms with Crippen LogP contribution in [0.3, 0.4) is 0 Å². The predicted molar refractivity (Wildman–Crippen MR) is 137 cm³/mol. The number of carbonyl (C=O) groups is 1. The Balaban J connectivity index is 1.41. The molecule has 2 N–H and O–H groups in total. The van der Waals surface area contributed by atoms with E-state index in [0.29, 0.717) is 22.7 Å². The zero-order chi connectivity index (χ0) is 25.5. The van der Waals surface area contributed by atoms with Gasteiger partial charge in [-0.1, -0.05) is 12.1 Å². The molecule has 4 rings (SSSR count). The third kappa shape index (κ3) is 6.34. The summed E-state index contributed by atoms with van der Waals surface area (Å²) in [5, 5.41) is 2.83. The molecule has 1 heterocycles. The Morgan fingerprint density at radius 3 is 2.42 bits per heavy atom. The molecule has 10 heteroatoms. The largest absolute Gasteiger partial charge is 0.497 e. The molecule has 36 heavy (non-hydrogen) atoms. The first kappa shape index (κ1) is 25.5. The summed E-state index contributed by atoms with van der Waals surface area (Å²) in [5.74, 6) is 0.606. The van der Waals surface area contributed by atoms with Crippen molar-refractivity contribution < 1.29 is 27.4 Å². The highest BCUT2D eigenvalue weighted by Gasteiger charge is 2.18. The molecule has 1 amide bonds. The summed E-state index contributed by atoms with van der Waals surface area (Å²) in [6.45, 7) is 3.92. The monoisotopic (exact) mass is 511 g/mol. The van der Waals surface area contributed by atoms with Crippen molar-refractivity contribution in [2.75, 3.05) is 50.6 Å². The van der Waals surface area contributed by atoms with E-state index in [2.05, 4.69) is 14.9 Å². The third-order valence-electron chi connectivity index (χ3n) is 5.77. The Kier molecular flexibility index (Phi) is 8.09. The van der Waals surface area contributed by atoms with Gasteiger partial charge in [0.15, 0.2) is 0 Å². The molecule has 0 aliphatic carbocycles. The zero-order valence-electron chi connectivity index (χ0n) is 20.2. The van der Waals surface area contributed by atoms with Gasteiger partial charge in [-0.25, -0.2) is 8.42 Å². The molecule has 0 spiro atoms. The maximum atomic E-state index is 12.9. The fraction of sp³-hybridized carbons (Fsp3) is 0.269. The molecule has 0 aromatic heterocycles. The van der Waals surface area contributed by atoms with Crippen LogP contribution in [0, 0.1) is 0 Å². The molecule has 1 aliphatic rings. The van der Waals surface area contributed by atoms with Gasteiger partial charge in [-0.15, -0.1) is 0 Å². The summed E-state index contributed by atoms with van der Waals surface area (Å²) < 4.78 is 44.1. The highest BCUT2D eigenvalue weighted by atomic mass is 32.2. The summed E-state index contributed by atoms with van der Waals surface area (Å²) in [6, 6.07) is 18.2. The van der Waals surface area contributed by atoms with E-state index < -0.39 is 10.0 Å². The van der Waals surface area contributed by atoms with Crippen LogP contribution < -0.4 is 19.5 Å². The number of rotatable bonds is 9. The summed E-state index contributed by atoms with van der Waals surface area (Å²) in [5.41, 5.74) is 2.35. The number of nitrogens with one attached hydrogen (secondary N) is 2. The van der Waals surface area contributed by atoms with Gasteiger partial charge >= 0.3 is 0 Å². The number of ether oxygens (including phenoxy) is 3. The van der Waals surface area contributed by atoms with Crippen LogP contribution >= 0.6 is 0 Å². The molecule has 0 atom stereocenters. The number of amides is 1. The second kappa shape index (κ2) is 11.4. The number of nitrogens with zero attached hydrogens (tertiary/aromatic N) is 1. The van der Waals surface area contributed by atoms with Crippen molar-refractivity contribution in [1.29, 1.82) is 0 Å². The van der Waals surface area contributed by atoms with Crippen LogP contribution in [0.1, 0.15) is 15.9 Å². The number of hydrogen-bond donors (Lipinski definition) is 2. The first-order valence-electron chi connectivity index (χ1n) is 11.4. The molecule has 0 saturated carbocycles. The fourth-order valence-corrected chi connectivity index (χ4v) is 4.91. The number of hydrogen-bond acceptors (Lipinski definition) is 7. The summed E-state index contributed by atoms with van der Waals surface area (Å²) >= 11 is 0. The topological polar surface area (TPSA) is 106 Å². The normalized spacial score (nSPS) is 14.2. The molecule has 1 saturated heterocycles. The minimum atomic E-state index is -3.88. The first-order chi connectivity index (χ1) is 17.4. The van der Waals surface area contributed by atoms with E-state index in [1.807, 2.05) is 18.2 Å². The van der Waals surface area contributed by atoms with E-state index >= 15 is 0 Å². The van der Waals surface area contributed by atoms with Crippen LogP contribution in [0.15, 0.2) is 71.6 Å². The van der Waals surface area contributed by atoms with E-state index in [9.17, 15) is 13.2 Å². The second-order valence-electron chi connectivity index (χ2n) is 8.24. The molecule has 9 nitrogen and oxygen atoms in total. The lowest BCUT2D eigenvalue weighted by molar-refractivity contribution is 0.0342. The summed E-state index contributed by atoms with van der Waals surface area (Å²) in [4.78, 5) is 15.1. The van der Waals surface area contributed by atoms with Crippen LogP contribution in [-0.4, -0.2) is 59.7 Å². The van der Waals surface area contributed by atoms with Crippen LogP contribution in [-0.2, 0) is 21.3 Å². The smallest absolute Gasteiger partial charge is 0.262 e. The first-order valence-corrected chi connectivity index (χ1v) is 12.9. The second-order valence-corrected chi connectivity index (χ2v) is 9.92. The highest BCUT2D eigenvalue weighted by molar-refractivity contribution is 7.92. The van der Waals surface area contributed by atoms with Crippen molar-refractivity contribution in [3.05, 3.63) is 77.9 Å². The number of benzene rings is 3. The van der Waals surface area contributed by atoms with Crippen molar-refractivity contribution in [2.45, 2.75) is 11.4 Å². The molecule has 0 radical (unpaired) electrons. The van der Waals surface area contributed by atoms with Crippen molar-refractivity contribution in [2.24, 2.45) is 0 Å². The van der Waals surface area contributed by atoms with Crippen LogP contribution in [0.5, 0.6) is 11.5 Å². The molecule has 3 aromatic carbocycles. The number of morpholine rings is 1. The SMILES string of the molecule is COc1ccc(NS(=O)(=O)c2ccc(NC(=O)c3cccc(CN4CCOCC4)c3)cc2)c(OC)c1. The molecular weight excluding hydrogens is 482 g/mol. The van der Waals surface area contributed by atoms with Gasteiger partial charge in [0, 0.05) is 37.0 Å². The molecule has 1 aliphatic heterocycles. The van der Waals surface area contributed by atoms with Gasteiger partial charge in [0.05, 0.1) is 38.0 Å². The average molecular weight is 512 g/mol. The van der Waals surface area contributed by atoms with Crippen molar-refractivity contribution >= 4 is 27.3 Å². The maximum Gasteiger partial charge on any atom is 0.262 e. The summed E-state index contributed by atoms with van der Waals surface area (Å²) in [6.07, 6.45) is 0. The highest BCUT2D eigenvalue weighted by Crippen LogP contribution is 2.31. The molecule has 190 valence electrons. The Labute approximate surface area is 211 Å². The average Bonchev–Trinajstić information content (AvgIpc) is 2.90. The van der Waals surface area contributed by atoms with E-state index in [-0.39, 0.29) is 16.5 Å². The number of anilines is 2. The Bertz CT molecular complexity index is 1310. The number of sulfonamides is 1. The summed E-state index contributed by atoms with van der Waals surface area (Å²) in [7, 11) is -0.918. The zero-order valence-corrected chi connectivity index (χ0v) is 21.0. The van der Waals surface area contributed by atoms with Crippen molar-refractivity contribution in [3.8, 4) is 11.5 Å². The predicted octanol–water partition coefficient (Wildman–Crippen LogP) is 3.59. The van der Waals surface area contributed by atoms with Crippen LogP contribution in [0.25, 0.3) is 0 Å². The lowest BCUT2D eigenvalue weighted by Crippen LogP contribution is -2.35.